The van der Waals surface area contributed by atoms with Gasteiger partial charge in [0.1, 0.15) is 11.5 Å². The molecule has 9 heteroatoms. The molecule has 0 spiro atoms. The van der Waals surface area contributed by atoms with Gasteiger partial charge in [-0.05, 0) is 37.3 Å². The first-order valence-electron chi connectivity index (χ1n) is 8.60. The van der Waals surface area contributed by atoms with E-state index in [9.17, 15) is 9.59 Å². The minimum Gasteiger partial charge on any atom is -0.496 e. The number of nitrogens with one attached hydrogen (secondary N) is 2. The van der Waals surface area contributed by atoms with Crippen LogP contribution in [0.3, 0.4) is 0 Å². The zero-order chi connectivity index (χ0) is 20.8. The van der Waals surface area contributed by atoms with Crippen LogP contribution in [0.15, 0.2) is 63.6 Å². The SMILES string of the molecule is COc1ccccc1-c1cc(C(=O)NNC(=O)C(C)Oc2cccc(Br)c2)no1. The monoisotopic (exact) mass is 459 g/mol. The van der Waals surface area contributed by atoms with E-state index in [-0.39, 0.29) is 5.69 Å². The van der Waals surface area contributed by atoms with Crippen LogP contribution in [-0.2, 0) is 4.79 Å². The predicted octanol–water partition coefficient (Wildman–Crippen LogP) is 3.34. The van der Waals surface area contributed by atoms with E-state index in [0.717, 1.165) is 4.47 Å². The molecule has 0 radical (unpaired) electrons. The molecule has 2 aromatic carbocycles. The fourth-order valence-corrected chi connectivity index (χ4v) is 2.82. The number of para-hydroxylation sites is 1. The molecular weight excluding hydrogens is 442 g/mol. The summed E-state index contributed by atoms with van der Waals surface area (Å²) in [4.78, 5) is 24.4. The first-order valence-corrected chi connectivity index (χ1v) is 9.39. The summed E-state index contributed by atoms with van der Waals surface area (Å²) in [6.45, 7) is 1.57. The van der Waals surface area contributed by atoms with E-state index in [1.165, 1.54) is 13.2 Å². The molecule has 1 aromatic heterocycles. The minimum atomic E-state index is -0.828. The Morgan fingerprint density at radius 1 is 1.10 bits per heavy atom. The molecule has 0 aliphatic rings. The summed E-state index contributed by atoms with van der Waals surface area (Å²) in [7, 11) is 1.54. The Morgan fingerprint density at radius 2 is 1.90 bits per heavy atom. The number of hydrazine groups is 1. The molecule has 3 aromatic rings. The molecule has 0 bridgehead atoms. The number of hydrogen-bond acceptors (Lipinski definition) is 6. The third-order valence-corrected chi connectivity index (χ3v) is 4.39. The summed E-state index contributed by atoms with van der Waals surface area (Å²) in [6, 6.07) is 15.7. The topological polar surface area (TPSA) is 103 Å². The van der Waals surface area contributed by atoms with Crippen molar-refractivity contribution in [2.75, 3.05) is 7.11 Å². The van der Waals surface area contributed by atoms with Crippen molar-refractivity contribution in [3.05, 3.63) is 64.8 Å². The van der Waals surface area contributed by atoms with Gasteiger partial charge in [-0.2, -0.15) is 0 Å². The van der Waals surface area contributed by atoms with Crippen LogP contribution in [0.4, 0.5) is 0 Å². The number of carbonyl (C=O) groups is 2. The van der Waals surface area contributed by atoms with Crippen molar-refractivity contribution < 1.29 is 23.6 Å². The van der Waals surface area contributed by atoms with E-state index in [1.54, 1.807) is 37.3 Å². The van der Waals surface area contributed by atoms with Crippen LogP contribution in [0.5, 0.6) is 11.5 Å². The van der Waals surface area contributed by atoms with Crippen molar-refractivity contribution in [1.82, 2.24) is 16.0 Å². The lowest BCUT2D eigenvalue weighted by Crippen LogP contribution is -2.47. The number of nitrogens with zero attached hydrogens (tertiary/aromatic N) is 1. The fourth-order valence-electron chi connectivity index (χ4n) is 2.44. The normalized spacial score (nSPS) is 11.4. The summed E-state index contributed by atoms with van der Waals surface area (Å²) in [5, 5.41) is 3.74. The number of carbonyl (C=O) groups excluding carboxylic acids is 2. The van der Waals surface area contributed by atoms with Crippen molar-refractivity contribution in [2.24, 2.45) is 0 Å². The lowest BCUT2D eigenvalue weighted by Gasteiger charge is -2.14. The third kappa shape index (κ3) is 5.14. The summed E-state index contributed by atoms with van der Waals surface area (Å²) >= 11 is 3.33. The van der Waals surface area contributed by atoms with Gasteiger partial charge < -0.3 is 14.0 Å². The van der Waals surface area contributed by atoms with Gasteiger partial charge in [-0.15, -0.1) is 0 Å². The van der Waals surface area contributed by atoms with E-state index in [1.807, 2.05) is 18.2 Å². The molecule has 0 fully saturated rings. The van der Waals surface area contributed by atoms with E-state index >= 15 is 0 Å². The molecule has 150 valence electrons. The zero-order valence-corrected chi connectivity index (χ0v) is 17.2. The zero-order valence-electron chi connectivity index (χ0n) is 15.6. The second-order valence-electron chi connectivity index (χ2n) is 5.94. The van der Waals surface area contributed by atoms with Crippen molar-refractivity contribution in [3.8, 4) is 22.8 Å². The number of methoxy groups -OCH3 is 1. The molecule has 8 nitrogen and oxygen atoms in total. The van der Waals surface area contributed by atoms with E-state index in [4.69, 9.17) is 14.0 Å². The van der Waals surface area contributed by atoms with Gasteiger partial charge in [0.15, 0.2) is 17.6 Å². The average molecular weight is 460 g/mol. The number of benzene rings is 2. The largest absolute Gasteiger partial charge is 0.496 e. The van der Waals surface area contributed by atoms with E-state index < -0.39 is 17.9 Å². The van der Waals surface area contributed by atoms with E-state index in [0.29, 0.717) is 22.8 Å². The van der Waals surface area contributed by atoms with E-state index in [2.05, 4.69) is 31.9 Å². The molecule has 2 N–H and O–H groups in total. The maximum Gasteiger partial charge on any atom is 0.291 e. The quantitative estimate of drug-likeness (QED) is 0.547. The number of ether oxygens (including phenoxy) is 2. The third-order valence-electron chi connectivity index (χ3n) is 3.89. The van der Waals surface area contributed by atoms with Gasteiger partial charge in [0.2, 0.25) is 0 Å². The van der Waals surface area contributed by atoms with Crippen LogP contribution >= 0.6 is 15.9 Å². The standard InChI is InChI=1S/C20H18BrN3O5/c1-12(28-14-7-5-6-13(21)10-14)19(25)22-23-20(26)16-11-18(29-24-16)15-8-3-4-9-17(15)27-2/h3-12H,1-2H3,(H,22,25)(H,23,26). The average Bonchev–Trinajstić information content (AvgIpc) is 3.22. The highest BCUT2D eigenvalue weighted by Crippen LogP contribution is 2.29. The van der Waals surface area contributed by atoms with Gasteiger partial charge in [0.25, 0.3) is 11.8 Å². The summed E-state index contributed by atoms with van der Waals surface area (Å²) in [6.07, 6.45) is -0.828. The Bertz CT molecular complexity index is 1020. The highest BCUT2D eigenvalue weighted by atomic mass is 79.9. The Labute approximate surface area is 175 Å². The lowest BCUT2D eigenvalue weighted by atomic mass is 10.1. The molecule has 0 aliphatic heterocycles. The Balaban J connectivity index is 1.58. The lowest BCUT2D eigenvalue weighted by molar-refractivity contribution is -0.128. The maximum absolute atomic E-state index is 12.2. The van der Waals surface area contributed by atoms with Crippen LogP contribution < -0.4 is 20.3 Å². The van der Waals surface area contributed by atoms with Crippen LogP contribution in [0.25, 0.3) is 11.3 Å². The molecule has 1 heterocycles. The first-order chi connectivity index (χ1) is 14.0. The number of aromatic nitrogens is 1. The molecule has 0 saturated heterocycles. The number of halogens is 1. The summed E-state index contributed by atoms with van der Waals surface area (Å²) in [5.41, 5.74) is 5.25. The Hall–Kier alpha value is -3.33. The van der Waals surface area contributed by atoms with Crippen molar-refractivity contribution in [2.45, 2.75) is 13.0 Å². The molecule has 0 aliphatic carbocycles. The summed E-state index contributed by atoms with van der Waals surface area (Å²) in [5.74, 6) is 0.323. The van der Waals surface area contributed by atoms with Gasteiger partial charge >= 0.3 is 0 Å². The maximum atomic E-state index is 12.2. The van der Waals surface area contributed by atoms with Crippen molar-refractivity contribution in [1.29, 1.82) is 0 Å². The second kappa shape index (κ2) is 9.24. The summed E-state index contributed by atoms with van der Waals surface area (Å²) < 4.78 is 16.9. The molecule has 29 heavy (non-hydrogen) atoms. The second-order valence-corrected chi connectivity index (χ2v) is 6.85. The Kier molecular flexibility index (Phi) is 6.50. The van der Waals surface area contributed by atoms with Crippen LogP contribution in [0.2, 0.25) is 0 Å². The highest BCUT2D eigenvalue weighted by Gasteiger charge is 2.19. The van der Waals surface area contributed by atoms with Gasteiger partial charge in [-0.25, -0.2) is 0 Å². The minimum absolute atomic E-state index is 0.00627. The van der Waals surface area contributed by atoms with Crippen molar-refractivity contribution in [3.63, 3.8) is 0 Å². The van der Waals surface area contributed by atoms with Gasteiger partial charge in [0.05, 0.1) is 12.7 Å². The van der Waals surface area contributed by atoms with Crippen LogP contribution in [0.1, 0.15) is 17.4 Å². The molecule has 1 unspecified atom stereocenters. The highest BCUT2D eigenvalue weighted by molar-refractivity contribution is 9.10. The molecule has 0 saturated carbocycles. The van der Waals surface area contributed by atoms with Gasteiger partial charge in [0, 0.05) is 10.5 Å². The molecular formula is C20H18BrN3O5. The smallest absolute Gasteiger partial charge is 0.291 e. The number of rotatable bonds is 6. The van der Waals surface area contributed by atoms with Gasteiger partial charge in [-0.3, -0.25) is 20.4 Å². The van der Waals surface area contributed by atoms with Crippen molar-refractivity contribution >= 4 is 27.7 Å². The molecule has 2 amide bonds. The van der Waals surface area contributed by atoms with Crippen LogP contribution in [0, 0.1) is 0 Å². The fraction of sp³-hybridized carbons (Fsp3) is 0.150. The van der Waals surface area contributed by atoms with Gasteiger partial charge in [-0.1, -0.05) is 39.3 Å². The number of hydrogen-bond donors (Lipinski definition) is 2. The molecule has 3 rings (SSSR count). The molecule has 1 atom stereocenters. The Morgan fingerprint density at radius 3 is 2.66 bits per heavy atom. The number of amides is 2. The van der Waals surface area contributed by atoms with Crippen LogP contribution in [-0.4, -0.2) is 30.2 Å². The predicted molar refractivity (Wildman–Crippen MR) is 108 cm³/mol. The first kappa shape index (κ1) is 20.4.